The number of benzene rings is 1. The molecule has 0 bridgehead atoms. The number of thiophene rings is 1. The van der Waals surface area contributed by atoms with Crippen LogP contribution < -0.4 is 0 Å². The van der Waals surface area contributed by atoms with Gasteiger partial charge in [0, 0.05) is 23.1 Å². The Labute approximate surface area is 145 Å². The normalized spacial score (nSPS) is 14.6. The third kappa shape index (κ3) is 3.44. The average molecular weight is 339 g/mol. The highest BCUT2D eigenvalue weighted by Gasteiger charge is 2.17. The Hall–Kier alpha value is -2.33. The van der Waals surface area contributed by atoms with Crippen molar-refractivity contribution in [2.75, 3.05) is 0 Å². The van der Waals surface area contributed by atoms with Crippen LogP contribution in [0.3, 0.4) is 0 Å². The molecule has 1 heterocycles. The lowest BCUT2D eigenvalue weighted by atomic mass is 10.0. The maximum atomic E-state index is 13.1. The van der Waals surface area contributed by atoms with Crippen LogP contribution >= 0.6 is 11.3 Å². The Morgan fingerprint density at radius 1 is 1.21 bits per heavy atom. The summed E-state index contributed by atoms with van der Waals surface area (Å²) in [5.41, 5.74) is 3.47. The lowest BCUT2D eigenvalue weighted by Gasteiger charge is -2.08. The fourth-order valence-corrected chi connectivity index (χ4v) is 3.68. The number of aryl methyl sites for hydroxylation is 1. The molecule has 1 aromatic heterocycles. The second-order valence-corrected chi connectivity index (χ2v) is 6.77. The van der Waals surface area contributed by atoms with Crippen LogP contribution in [0.4, 0.5) is 10.1 Å². The number of allylic oxidation sites excluding steroid dienone is 4. The number of carbonyl (C=O) groups is 1. The molecule has 1 aromatic carbocycles. The van der Waals surface area contributed by atoms with Gasteiger partial charge in [-0.2, -0.15) is 0 Å². The molecular weight excluding hydrogens is 321 g/mol. The van der Waals surface area contributed by atoms with Gasteiger partial charge < -0.3 is 0 Å². The Bertz CT molecular complexity index is 874. The second kappa shape index (κ2) is 7.05. The minimum atomic E-state index is -0.0875. The number of hydrogen-bond acceptors (Lipinski definition) is 3. The molecule has 122 valence electrons. The van der Waals surface area contributed by atoms with Crippen LogP contribution in [-0.4, -0.2) is 12.0 Å². The first-order valence-corrected chi connectivity index (χ1v) is 8.69. The predicted molar refractivity (Wildman–Crippen MR) is 99.2 cm³/mol. The van der Waals surface area contributed by atoms with E-state index in [1.165, 1.54) is 17.4 Å². The van der Waals surface area contributed by atoms with Crippen molar-refractivity contribution in [3.05, 3.63) is 69.2 Å². The van der Waals surface area contributed by atoms with E-state index in [0.29, 0.717) is 23.3 Å². The molecule has 3 rings (SSSR count). The molecule has 1 aliphatic rings. The third-order valence-corrected chi connectivity index (χ3v) is 5.15. The number of rotatable bonds is 4. The molecular formula is C20H18FNOS. The monoisotopic (exact) mass is 339 g/mol. The van der Waals surface area contributed by atoms with Gasteiger partial charge in [-0.3, -0.25) is 9.79 Å². The van der Waals surface area contributed by atoms with E-state index in [9.17, 15) is 9.18 Å². The Kier molecular flexibility index (Phi) is 4.86. The van der Waals surface area contributed by atoms with Crippen molar-refractivity contribution < 1.29 is 9.18 Å². The molecule has 1 aliphatic carbocycles. The van der Waals surface area contributed by atoms with E-state index >= 15 is 0 Å². The first-order valence-electron chi connectivity index (χ1n) is 7.88. The number of carbonyl (C=O) groups excluding carboxylic acids is 1. The highest BCUT2D eigenvalue weighted by atomic mass is 32.1. The molecule has 0 N–H and O–H groups in total. The summed E-state index contributed by atoms with van der Waals surface area (Å²) < 4.78 is 13.1. The van der Waals surface area contributed by atoms with Crippen LogP contribution in [0.15, 0.2) is 53.3 Å². The van der Waals surface area contributed by atoms with Gasteiger partial charge >= 0.3 is 0 Å². The van der Waals surface area contributed by atoms with Crippen molar-refractivity contribution in [1.82, 2.24) is 0 Å². The fraction of sp³-hybridized carbons (Fsp3) is 0.200. The van der Waals surface area contributed by atoms with Gasteiger partial charge in [-0.1, -0.05) is 12.1 Å². The summed E-state index contributed by atoms with van der Waals surface area (Å²) in [5.74, 6) is -0.0782. The van der Waals surface area contributed by atoms with Crippen LogP contribution in [0.2, 0.25) is 0 Å². The summed E-state index contributed by atoms with van der Waals surface area (Å²) in [4.78, 5) is 18.8. The molecule has 0 aliphatic heterocycles. The minimum absolute atomic E-state index is 0.00929. The largest absolute Gasteiger partial charge is 0.288 e. The quantitative estimate of drug-likeness (QED) is 0.493. The maximum Gasteiger partial charge on any atom is 0.203 e. The van der Waals surface area contributed by atoms with Crippen molar-refractivity contribution in [2.45, 2.75) is 26.7 Å². The molecule has 0 radical (unpaired) electrons. The van der Waals surface area contributed by atoms with Gasteiger partial charge in [0.1, 0.15) is 5.83 Å². The highest BCUT2D eigenvalue weighted by molar-refractivity contribution is 7.15. The number of aliphatic imine (C=N–C) groups is 1. The van der Waals surface area contributed by atoms with Crippen molar-refractivity contribution >= 4 is 34.6 Å². The van der Waals surface area contributed by atoms with Crippen molar-refractivity contribution in [1.29, 1.82) is 0 Å². The maximum absolute atomic E-state index is 13.1. The summed E-state index contributed by atoms with van der Waals surface area (Å²) in [5, 5.41) is 0. The zero-order valence-corrected chi connectivity index (χ0v) is 14.5. The Morgan fingerprint density at radius 3 is 2.75 bits per heavy atom. The zero-order chi connectivity index (χ0) is 17.1. The van der Waals surface area contributed by atoms with Gasteiger partial charge in [0.05, 0.1) is 10.6 Å². The van der Waals surface area contributed by atoms with E-state index in [1.54, 1.807) is 12.3 Å². The van der Waals surface area contributed by atoms with Gasteiger partial charge in [-0.15, -0.1) is 11.3 Å². The average Bonchev–Trinajstić information content (AvgIpc) is 3.07. The standard InChI is InChI=1S/C20H18FNOS/c1-3-22-16-9-4-13(2)17(12-16)20(23)19-11-10-18(24-19)14-5-7-15(21)8-6-14/h3-5,7,9-12H,6,8H2,1-2H3. The molecule has 0 fully saturated rings. The van der Waals surface area contributed by atoms with E-state index in [4.69, 9.17) is 0 Å². The Morgan fingerprint density at radius 2 is 2.04 bits per heavy atom. The molecule has 2 aromatic rings. The summed E-state index contributed by atoms with van der Waals surface area (Å²) in [6.45, 7) is 3.78. The van der Waals surface area contributed by atoms with Crippen LogP contribution in [0.1, 0.15) is 45.4 Å². The third-order valence-electron chi connectivity index (χ3n) is 3.99. The Balaban J connectivity index is 1.90. The molecule has 0 atom stereocenters. The molecule has 4 heteroatoms. The molecule has 2 nitrogen and oxygen atoms in total. The summed E-state index contributed by atoms with van der Waals surface area (Å²) in [7, 11) is 0. The summed E-state index contributed by atoms with van der Waals surface area (Å²) in [6, 6.07) is 9.45. The molecule has 0 saturated heterocycles. The molecule has 24 heavy (non-hydrogen) atoms. The minimum Gasteiger partial charge on any atom is -0.288 e. The van der Waals surface area contributed by atoms with E-state index in [-0.39, 0.29) is 11.6 Å². The van der Waals surface area contributed by atoms with Crippen molar-refractivity contribution in [2.24, 2.45) is 4.99 Å². The smallest absolute Gasteiger partial charge is 0.203 e. The van der Waals surface area contributed by atoms with Gasteiger partial charge in [0.15, 0.2) is 0 Å². The lowest BCUT2D eigenvalue weighted by molar-refractivity contribution is 0.104. The second-order valence-electron chi connectivity index (χ2n) is 5.68. The number of halogens is 1. The number of ketones is 1. The van der Waals surface area contributed by atoms with Crippen molar-refractivity contribution in [3.63, 3.8) is 0 Å². The number of hydrogen-bond donors (Lipinski definition) is 0. The SMILES string of the molecule is CC=Nc1ccc(C)c(C(=O)c2ccc(C3=CC=C(F)CC3)s2)c1. The topological polar surface area (TPSA) is 29.4 Å². The first-order chi connectivity index (χ1) is 11.6. The first kappa shape index (κ1) is 16.5. The van der Waals surface area contributed by atoms with Gasteiger partial charge in [0.2, 0.25) is 5.78 Å². The van der Waals surface area contributed by atoms with Crippen LogP contribution in [-0.2, 0) is 0 Å². The molecule has 0 amide bonds. The van der Waals surface area contributed by atoms with Crippen molar-refractivity contribution in [3.8, 4) is 0 Å². The molecule has 0 saturated carbocycles. The van der Waals surface area contributed by atoms with Crippen LogP contribution in [0, 0.1) is 6.92 Å². The van der Waals surface area contributed by atoms with Gasteiger partial charge in [0.25, 0.3) is 0 Å². The fourth-order valence-electron chi connectivity index (χ4n) is 2.67. The summed E-state index contributed by atoms with van der Waals surface area (Å²) in [6.07, 6.45) is 6.14. The van der Waals surface area contributed by atoms with Crippen LogP contribution in [0.25, 0.3) is 5.57 Å². The van der Waals surface area contributed by atoms with Gasteiger partial charge in [-0.25, -0.2) is 4.39 Å². The number of nitrogens with zero attached hydrogens (tertiary/aromatic N) is 1. The predicted octanol–water partition coefficient (Wildman–Crippen LogP) is 6.04. The van der Waals surface area contributed by atoms with Crippen LogP contribution in [0.5, 0.6) is 0 Å². The van der Waals surface area contributed by atoms with E-state index in [2.05, 4.69) is 4.99 Å². The molecule has 0 spiro atoms. The lowest BCUT2D eigenvalue weighted by Crippen LogP contribution is -2.01. The van der Waals surface area contributed by atoms with E-state index < -0.39 is 0 Å². The van der Waals surface area contributed by atoms with E-state index in [1.807, 2.05) is 44.2 Å². The zero-order valence-electron chi connectivity index (χ0n) is 13.7. The van der Waals surface area contributed by atoms with Gasteiger partial charge in [-0.05, 0) is 61.7 Å². The molecule has 0 unspecified atom stereocenters. The summed E-state index contributed by atoms with van der Waals surface area (Å²) >= 11 is 1.46. The highest BCUT2D eigenvalue weighted by Crippen LogP contribution is 2.33. The van der Waals surface area contributed by atoms with E-state index in [0.717, 1.165) is 21.7 Å².